The van der Waals surface area contributed by atoms with Gasteiger partial charge in [0.2, 0.25) is 6.41 Å². The molecule has 0 N–H and O–H groups in total. The first-order valence-electron chi connectivity index (χ1n) is 6.81. The highest BCUT2D eigenvalue weighted by Gasteiger charge is 2.52. The SMILES string of the molecule is O=CN1CC2(CC(c3ccc4ccncc4c3)C2)C1. The molecule has 1 saturated carbocycles. The fourth-order valence-corrected chi connectivity index (χ4v) is 3.73. The quantitative estimate of drug-likeness (QED) is 0.770. The monoisotopic (exact) mass is 252 g/mol. The average molecular weight is 252 g/mol. The summed E-state index contributed by atoms with van der Waals surface area (Å²) in [4.78, 5) is 16.7. The molecule has 2 aromatic rings. The van der Waals surface area contributed by atoms with E-state index in [-0.39, 0.29) is 0 Å². The normalized spacial score (nSPS) is 21.2. The summed E-state index contributed by atoms with van der Waals surface area (Å²) in [6, 6.07) is 8.76. The summed E-state index contributed by atoms with van der Waals surface area (Å²) < 4.78 is 0. The molecule has 0 unspecified atom stereocenters. The Labute approximate surface area is 112 Å². The highest BCUT2D eigenvalue weighted by Crippen LogP contribution is 2.55. The third kappa shape index (κ3) is 1.65. The van der Waals surface area contributed by atoms with Crippen molar-refractivity contribution in [3.05, 3.63) is 42.2 Å². The molecule has 1 amide bonds. The molecule has 4 rings (SSSR count). The summed E-state index contributed by atoms with van der Waals surface area (Å²) in [5.41, 5.74) is 1.87. The van der Waals surface area contributed by atoms with Crippen molar-refractivity contribution in [2.45, 2.75) is 18.8 Å². The second-order valence-electron chi connectivity index (χ2n) is 6.10. The van der Waals surface area contributed by atoms with Crippen LogP contribution in [0, 0.1) is 5.41 Å². The lowest BCUT2D eigenvalue weighted by Crippen LogP contribution is -2.60. The van der Waals surface area contributed by atoms with E-state index in [0.29, 0.717) is 11.3 Å². The van der Waals surface area contributed by atoms with Crippen molar-refractivity contribution in [3.63, 3.8) is 0 Å². The molecule has 1 aliphatic carbocycles. The first-order valence-corrected chi connectivity index (χ1v) is 6.81. The van der Waals surface area contributed by atoms with Crippen molar-refractivity contribution < 1.29 is 4.79 Å². The summed E-state index contributed by atoms with van der Waals surface area (Å²) in [6.45, 7) is 1.92. The predicted octanol–water partition coefficient (Wildman–Crippen LogP) is 2.57. The third-order valence-corrected chi connectivity index (χ3v) is 4.72. The molecule has 0 atom stereocenters. The molecule has 2 heterocycles. The van der Waals surface area contributed by atoms with Crippen LogP contribution in [-0.2, 0) is 4.79 Å². The van der Waals surface area contributed by atoms with E-state index in [0.717, 1.165) is 19.5 Å². The van der Waals surface area contributed by atoms with Crippen molar-refractivity contribution in [1.82, 2.24) is 9.88 Å². The lowest BCUT2D eigenvalue weighted by atomic mass is 9.56. The maximum absolute atomic E-state index is 10.6. The van der Waals surface area contributed by atoms with Crippen LogP contribution in [0.3, 0.4) is 0 Å². The van der Waals surface area contributed by atoms with Gasteiger partial charge in [-0.3, -0.25) is 9.78 Å². The van der Waals surface area contributed by atoms with Gasteiger partial charge in [-0.2, -0.15) is 0 Å². The van der Waals surface area contributed by atoms with Crippen LogP contribution in [0.1, 0.15) is 24.3 Å². The Morgan fingerprint density at radius 2 is 2.05 bits per heavy atom. The predicted molar refractivity (Wildman–Crippen MR) is 73.8 cm³/mol. The van der Waals surface area contributed by atoms with Gasteiger partial charge in [0.25, 0.3) is 0 Å². The van der Waals surface area contributed by atoms with Crippen molar-refractivity contribution in [3.8, 4) is 0 Å². The molecule has 96 valence electrons. The summed E-state index contributed by atoms with van der Waals surface area (Å²) in [5, 5.41) is 2.48. The highest BCUT2D eigenvalue weighted by atomic mass is 16.1. The van der Waals surface area contributed by atoms with Gasteiger partial charge in [0.1, 0.15) is 0 Å². The average Bonchev–Trinajstić information content (AvgIpc) is 2.36. The molecule has 1 aromatic heterocycles. The number of aromatic nitrogens is 1. The van der Waals surface area contributed by atoms with E-state index in [4.69, 9.17) is 0 Å². The first-order chi connectivity index (χ1) is 9.28. The highest BCUT2D eigenvalue weighted by molar-refractivity contribution is 5.82. The Hall–Kier alpha value is -1.90. The van der Waals surface area contributed by atoms with Crippen LogP contribution in [-0.4, -0.2) is 29.4 Å². The fourth-order valence-electron chi connectivity index (χ4n) is 3.73. The Balaban J connectivity index is 1.52. The molecular formula is C16H16N2O. The largest absolute Gasteiger partial charge is 0.344 e. The number of amides is 1. The lowest BCUT2D eigenvalue weighted by Gasteiger charge is -2.58. The number of benzene rings is 1. The number of carbonyl (C=O) groups is 1. The van der Waals surface area contributed by atoms with Crippen LogP contribution in [0.2, 0.25) is 0 Å². The van der Waals surface area contributed by atoms with Gasteiger partial charge in [-0.15, -0.1) is 0 Å². The van der Waals surface area contributed by atoms with Crippen LogP contribution in [0.5, 0.6) is 0 Å². The topological polar surface area (TPSA) is 33.2 Å². The van der Waals surface area contributed by atoms with Crippen molar-refractivity contribution in [1.29, 1.82) is 0 Å². The third-order valence-electron chi connectivity index (χ3n) is 4.72. The molecule has 3 nitrogen and oxygen atoms in total. The number of rotatable bonds is 2. The lowest BCUT2D eigenvalue weighted by molar-refractivity contribution is -0.137. The van der Waals surface area contributed by atoms with Gasteiger partial charge in [-0.1, -0.05) is 12.1 Å². The summed E-state index contributed by atoms with van der Waals surface area (Å²) >= 11 is 0. The maximum atomic E-state index is 10.6. The number of likely N-dealkylation sites (tertiary alicyclic amines) is 1. The Morgan fingerprint density at radius 3 is 2.84 bits per heavy atom. The van der Waals surface area contributed by atoms with Gasteiger partial charge in [-0.25, -0.2) is 0 Å². The smallest absolute Gasteiger partial charge is 0.209 e. The summed E-state index contributed by atoms with van der Waals surface area (Å²) in [5.74, 6) is 0.665. The zero-order chi connectivity index (χ0) is 12.9. The van der Waals surface area contributed by atoms with Gasteiger partial charge in [-0.05, 0) is 41.8 Å². The molecule has 0 radical (unpaired) electrons. The standard InChI is InChI=1S/C16H16N2O/c19-11-18-9-16(10-18)6-15(7-16)13-2-1-12-3-4-17-8-14(12)5-13/h1-5,8,11,15H,6-7,9-10H2. The van der Waals surface area contributed by atoms with E-state index in [1.165, 1.54) is 29.2 Å². The Morgan fingerprint density at radius 1 is 1.21 bits per heavy atom. The molecule has 1 saturated heterocycles. The minimum absolute atomic E-state index is 0.440. The van der Waals surface area contributed by atoms with E-state index < -0.39 is 0 Å². The molecule has 2 aliphatic rings. The fraction of sp³-hybridized carbons (Fsp3) is 0.375. The zero-order valence-corrected chi connectivity index (χ0v) is 10.7. The molecule has 19 heavy (non-hydrogen) atoms. The van der Waals surface area contributed by atoms with Gasteiger partial charge in [0, 0.05) is 36.3 Å². The van der Waals surface area contributed by atoms with Crippen molar-refractivity contribution >= 4 is 17.2 Å². The summed E-state index contributed by atoms with van der Waals surface area (Å²) in [6.07, 6.45) is 7.19. The van der Waals surface area contributed by atoms with Crippen molar-refractivity contribution in [2.24, 2.45) is 5.41 Å². The molecule has 2 fully saturated rings. The van der Waals surface area contributed by atoms with Crippen LogP contribution in [0.4, 0.5) is 0 Å². The number of pyridine rings is 1. The minimum atomic E-state index is 0.440. The second-order valence-corrected chi connectivity index (χ2v) is 6.10. The molecular weight excluding hydrogens is 236 g/mol. The number of hydrogen-bond donors (Lipinski definition) is 0. The van der Waals surface area contributed by atoms with E-state index in [2.05, 4.69) is 29.2 Å². The van der Waals surface area contributed by atoms with Crippen LogP contribution >= 0.6 is 0 Å². The number of fused-ring (bicyclic) bond motifs is 1. The van der Waals surface area contributed by atoms with Gasteiger partial charge < -0.3 is 4.90 Å². The van der Waals surface area contributed by atoms with E-state index in [9.17, 15) is 4.79 Å². The van der Waals surface area contributed by atoms with Gasteiger partial charge >= 0.3 is 0 Å². The number of carbonyl (C=O) groups excluding carboxylic acids is 1. The van der Waals surface area contributed by atoms with Crippen LogP contribution in [0.15, 0.2) is 36.7 Å². The first kappa shape index (κ1) is 11.0. The zero-order valence-electron chi connectivity index (χ0n) is 10.7. The number of nitrogens with zero attached hydrogens (tertiary/aromatic N) is 2. The summed E-state index contributed by atoms with van der Waals surface area (Å²) in [7, 11) is 0. The Kier molecular flexibility index (Phi) is 2.19. The van der Waals surface area contributed by atoms with Gasteiger partial charge in [0.05, 0.1) is 0 Å². The molecule has 3 heteroatoms. The second kappa shape index (κ2) is 3.80. The van der Waals surface area contributed by atoms with E-state index >= 15 is 0 Å². The molecule has 0 bridgehead atoms. The number of hydrogen-bond acceptors (Lipinski definition) is 2. The van der Waals surface area contributed by atoms with Gasteiger partial charge in [0.15, 0.2) is 0 Å². The molecule has 1 aliphatic heterocycles. The molecule has 1 aromatic carbocycles. The molecule has 1 spiro atoms. The van der Waals surface area contributed by atoms with Crippen LogP contribution in [0.25, 0.3) is 10.8 Å². The maximum Gasteiger partial charge on any atom is 0.209 e. The van der Waals surface area contributed by atoms with Crippen molar-refractivity contribution in [2.75, 3.05) is 13.1 Å². The Bertz CT molecular complexity index is 638. The minimum Gasteiger partial charge on any atom is -0.344 e. The van der Waals surface area contributed by atoms with Crippen LogP contribution < -0.4 is 0 Å². The van der Waals surface area contributed by atoms with E-state index in [1.54, 1.807) is 0 Å². The van der Waals surface area contributed by atoms with E-state index in [1.807, 2.05) is 17.3 Å².